The first-order valence-corrected chi connectivity index (χ1v) is 7.70. The molecule has 2 atom stereocenters. The number of hydrogen-bond acceptors (Lipinski definition) is 3. The highest BCUT2D eigenvalue weighted by molar-refractivity contribution is 5.59. The molecule has 1 aromatic heterocycles. The Morgan fingerprint density at radius 2 is 2.14 bits per heavy atom. The van der Waals surface area contributed by atoms with E-state index in [9.17, 15) is 0 Å². The van der Waals surface area contributed by atoms with E-state index in [0.29, 0.717) is 6.10 Å². The van der Waals surface area contributed by atoms with Crippen LogP contribution < -0.4 is 0 Å². The average molecular weight is 292 g/mol. The number of rotatable bonds is 4. The van der Waals surface area contributed by atoms with Gasteiger partial charge >= 0.3 is 0 Å². The van der Waals surface area contributed by atoms with Crippen molar-refractivity contribution in [3.63, 3.8) is 0 Å². The first-order chi connectivity index (χ1) is 9.75. The number of nitrogens with zero attached hydrogens (tertiary/aromatic N) is 4. The third-order valence-corrected chi connectivity index (χ3v) is 3.64. The zero-order valence-electron chi connectivity index (χ0n) is 14.1. The second-order valence-electron chi connectivity index (χ2n) is 7.17. The van der Waals surface area contributed by atoms with E-state index in [2.05, 4.69) is 38.8 Å². The summed E-state index contributed by atoms with van der Waals surface area (Å²) in [6.07, 6.45) is 4.66. The van der Waals surface area contributed by atoms with Crippen LogP contribution >= 0.6 is 0 Å². The first kappa shape index (κ1) is 16.0. The van der Waals surface area contributed by atoms with Gasteiger partial charge in [-0.25, -0.2) is 9.67 Å². The third-order valence-electron chi connectivity index (χ3n) is 3.64. The Balaban J connectivity index is 2.22. The molecule has 5 nitrogen and oxygen atoms in total. The Kier molecular flexibility index (Phi) is 4.71. The molecule has 0 spiro atoms. The fourth-order valence-corrected chi connectivity index (χ4v) is 2.40. The SMILES string of the molecule is C[C@H]1CCC(Cn2nc(C(C)(C)C)cc2N=CN(C)C)O1. The molecular formula is C16H28N4O. The lowest BCUT2D eigenvalue weighted by atomic mass is 9.92. The minimum Gasteiger partial charge on any atom is -0.373 e. The van der Waals surface area contributed by atoms with Crippen LogP contribution in [0.15, 0.2) is 11.1 Å². The van der Waals surface area contributed by atoms with E-state index in [1.54, 1.807) is 0 Å². The van der Waals surface area contributed by atoms with Crippen molar-refractivity contribution in [2.45, 2.75) is 64.7 Å². The molecule has 1 aromatic rings. The second-order valence-corrected chi connectivity index (χ2v) is 7.17. The van der Waals surface area contributed by atoms with Gasteiger partial charge in [0.15, 0.2) is 5.82 Å². The van der Waals surface area contributed by atoms with Crippen LogP contribution in [-0.2, 0) is 16.7 Å². The molecule has 1 saturated heterocycles. The van der Waals surface area contributed by atoms with Gasteiger partial charge in [0.2, 0.25) is 0 Å². The van der Waals surface area contributed by atoms with Gasteiger partial charge in [-0.1, -0.05) is 20.8 Å². The van der Waals surface area contributed by atoms with Crippen LogP contribution in [0.3, 0.4) is 0 Å². The van der Waals surface area contributed by atoms with Crippen molar-refractivity contribution < 1.29 is 4.74 Å². The maximum absolute atomic E-state index is 5.92. The molecule has 0 saturated carbocycles. The maximum atomic E-state index is 5.92. The topological polar surface area (TPSA) is 42.7 Å². The van der Waals surface area contributed by atoms with E-state index >= 15 is 0 Å². The summed E-state index contributed by atoms with van der Waals surface area (Å²) < 4.78 is 7.91. The average Bonchev–Trinajstić information content (AvgIpc) is 2.93. The summed E-state index contributed by atoms with van der Waals surface area (Å²) >= 11 is 0. The molecule has 1 aliphatic heterocycles. The Morgan fingerprint density at radius 3 is 2.67 bits per heavy atom. The molecule has 2 heterocycles. The van der Waals surface area contributed by atoms with Crippen molar-refractivity contribution in [1.29, 1.82) is 0 Å². The number of ether oxygens (including phenoxy) is 1. The molecule has 118 valence electrons. The summed E-state index contributed by atoms with van der Waals surface area (Å²) in [7, 11) is 3.94. The molecule has 5 heteroatoms. The van der Waals surface area contributed by atoms with E-state index in [1.807, 2.05) is 30.0 Å². The Bertz CT molecular complexity index is 499. The molecular weight excluding hydrogens is 264 g/mol. The molecule has 0 bridgehead atoms. The predicted octanol–water partition coefficient (Wildman–Crippen LogP) is 2.97. The number of hydrogen-bond donors (Lipinski definition) is 0. The smallest absolute Gasteiger partial charge is 0.152 e. The van der Waals surface area contributed by atoms with Crippen molar-refractivity contribution in [2.75, 3.05) is 14.1 Å². The Morgan fingerprint density at radius 1 is 1.43 bits per heavy atom. The summed E-state index contributed by atoms with van der Waals surface area (Å²) in [4.78, 5) is 6.48. The zero-order valence-corrected chi connectivity index (χ0v) is 14.1. The zero-order chi connectivity index (χ0) is 15.6. The minimum absolute atomic E-state index is 0.0253. The van der Waals surface area contributed by atoms with E-state index < -0.39 is 0 Å². The molecule has 0 radical (unpaired) electrons. The van der Waals surface area contributed by atoms with Gasteiger partial charge in [0.05, 0.1) is 30.8 Å². The molecule has 2 rings (SSSR count). The van der Waals surface area contributed by atoms with E-state index in [1.165, 1.54) is 0 Å². The van der Waals surface area contributed by atoms with Crippen LogP contribution in [0.25, 0.3) is 0 Å². The predicted molar refractivity (Wildman–Crippen MR) is 86.3 cm³/mol. The summed E-state index contributed by atoms with van der Waals surface area (Å²) in [5, 5.41) is 4.75. The standard InChI is InChI=1S/C16H28N4O/c1-12-7-8-13(21-12)10-20-15(17-11-19(5)6)9-14(18-20)16(2,3)4/h9,11-13H,7-8,10H2,1-6H3/t12-,13?/m0/s1. The van der Waals surface area contributed by atoms with Crippen molar-refractivity contribution in [2.24, 2.45) is 4.99 Å². The van der Waals surface area contributed by atoms with Crippen LogP contribution in [0.4, 0.5) is 5.82 Å². The van der Waals surface area contributed by atoms with Gasteiger partial charge in [-0.3, -0.25) is 0 Å². The summed E-state index contributed by atoms with van der Waals surface area (Å²) in [5.74, 6) is 0.900. The van der Waals surface area contributed by atoms with E-state index in [0.717, 1.165) is 30.9 Å². The molecule has 0 amide bonds. The summed E-state index contributed by atoms with van der Waals surface area (Å²) in [5.41, 5.74) is 1.09. The lowest BCUT2D eigenvalue weighted by Gasteiger charge is -2.15. The fourth-order valence-electron chi connectivity index (χ4n) is 2.40. The van der Waals surface area contributed by atoms with Crippen LogP contribution in [0, 0.1) is 0 Å². The Hall–Kier alpha value is -1.36. The Labute approximate surface area is 128 Å². The summed E-state index contributed by atoms with van der Waals surface area (Å²) in [6.45, 7) is 9.43. The number of aromatic nitrogens is 2. The van der Waals surface area contributed by atoms with Crippen molar-refractivity contribution in [1.82, 2.24) is 14.7 Å². The van der Waals surface area contributed by atoms with Gasteiger partial charge in [0, 0.05) is 25.6 Å². The number of aliphatic imine (C=N–C) groups is 1. The quantitative estimate of drug-likeness (QED) is 0.633. The van der Waals surface area contributed by atoms with E-state index in [4.69, 9.17) is 9.84 Å². The molecule has 0 aliphatic carbocycles. The van der Waals surface area contributed by atoms with Crippen LogP contribution in [0.5, 0.6) is 0 Å². The van der Waals surface area contributed by atoms with Gasteiger partial charge in [-0.05, 0) is 19.8 Å². The maximum Gasteiger partial charge on any atom is 0.152 e. The molecule has 21 heavy (non-hydrogen) atoms. The van der Waals surface area contributed by atoms with Gasteiger partial charge in [0.1, 0.15) is 0 Å². The van der Waals surface area contributed by atoms with Gasteiger partial charge in [-0.2, -0.15) is 5.10 Å². The highest BCUT2D eigenvalue weighted by Gasteiger charge is 2.25. The molecule has 1 fully saturated rings. The normalized spacial score (nSPS) is 23.1. The van der Waals surface area contributed by atoms with Crippen molar-refractivity contribution >= 4 is 12.2 Å². The molecule has 1 aliphatic rings. The van der Waals surface area contributed by atoms with Crippen molar-refractivity contribution in [3.8, 4) is 0 Å². The van der Waals surface area contributed by atoms with Crippen molar-refractivity contribution in [3.05, 3.63) is 11.8 Å². The fraction of sp³-hybridized carbons (Fsp3) is 0.750. The van der Waals surface area contributed by atoms with Gasteiger partial charge in [-0.15, -0.1) is 0 Å². The lowest BCUT2D eigenvalue weighted by molar-refractivity contribution is 0.0439. The second kappa shape index (κ2) is 6.18. The lowest BCUT2D eigenvalue weighted by Crippen LogP contribution is -2.19. The van der Waals surface area contributed by atoms with E-state index in [-0.39, 0.29) is 11.5 Å². The van der Waals surface area contributed by atoms with Gasteiger partial charge in [0.25, 0.3) is 0 Å². The molecule has 1 unspecified atom stereocenters. The highest BCUT2D eigenvalue weighted by Crippen LogP contribution is 2.27. The first-order valence-electron chi connectivity index (χ1n) is 7.70. The highest BCUT2D eigenvalue weighted by atomic mass is 16.5. The molecule has 0 N–H and O–H groups in total. The monoisotopic (exact) mass is 292 g/mol. The summed E-state index contributed by atoms with van der Waals surface area (Å²) in [6, 6.07) is 2.08. The largest absolute Gasteiger partial charge is 0.373 e. The third kappa shape index (κ3) is 4.30. The molecule has 0 aromatic carbocycles. The van der Waals surface area contributed by atoms with Crippen LogP contribution in [-0.4, -0.2) is 47.3 Å². The van der Waals surface area contributed by atoms with Crippen LogP contribution in [0.1, 0.15) is 46.2 Å². The minimum atomic E-state index is 0.0253. The van der Waals surface area contributed by atoms with Gasteiger partial charge < -0.3 is 9.64 Å². The van der Waals surface area contributed by atoms with Crippen LogP contribution in [0.2, 0.25) is 0 Å².